The summed E-state index contributed by atoms with van der Waals surface area (Å²) in [5.41, 5.74) is -2.98. The van der Waals surface area contributed by atoms with Gasteiger partial charge in [-0.3, -0.25) is 9.48 Å². The number of carbonyl (C=O) groups is 1. The predicted molar refractivity (Wildman–Crippen MR) is 118 cm³/mol. The molecule has 0 unspecified atom stereocenters. The number of aromatic nitrogens is 2. The van der Waals surface area contributed by atoms with Gasteiger partial charge in [0.05, 0.1) is 22.2 Å². The smallest absolute Gasteiger partial charge is 0.345 e. The van der Waals surface area contributed by atoms with Crippen LogP contribution in [0.25, 0.3) is 5.57 Å². The molecule has 1 heterocycles. The molecule has 0 saturated heterocycles. The first-order chi connectivity index (χ1) is 16.3. The number of terminal acetylenes is 1. The lowest BCUT2D eigenvalue weighted by molar-refractivity contribution is -0.291. The highest BCUT2D eigenvalue weighted by atomic mass is 35.5. The van der Waals surface area contributed by atoms with Crippen LogP contribution in [0.5, 0.6) is 0 Å². The van der Waals surface area contributed by atoms with Gasteiger partial charge >= 0.3 is 12.1 Å². The van der Waals surface area contributed by atoms with E-state index in [1.807, 2.05) is 6.07 Å². The van der Waals surface area contributed by atoms with Crippen molar-refractivity contribution in [1.29, 1.82) is 10.7 Å². The first-order valence-electron chi connectivity index (χ1n) is 9.79. The number of alkyl halides is 5. The van der Waals surface area contributed by atoms with E-state index in [1.165, 1.54) is 18.2 Å². The second-order valence-electron chi connectivity index (χ2n) is 7.64. The molecule has 13 heteroatoms. The second kappa shape index (κ2) is 9.04. The highest BCUT2D eigenvalue weighted by molar-refractivity contribution is 6.34. The molecule has 35 heavy (non-hydrogen) atoms. The van der Waals surface area contributed by atoms with Crippen molar-refractivity contribution < 1.29 is 26.7 Å². The Morgan fingerprint density at radius 3 is 2.51 bits per heavy atom. The second-order valence-corrected chi connectivity index (χ2v) is 8.05. The van der Waals surface area contributed by atoms with Gasteiger partial charge < -0.3 is 16.0 Å². The van der Waals surface area contributed by atoms with Crippen molar-refractivity contribution in [2.24, 2.45) is 7.05 Å². The van der Waals surface area contributed by atoms with Gasteiger partial charge in [-0.2, -0.15) is 32.3 Å². The van der Waals surface area contributed by atoms with Gasteiger partial charge in [0.25, 0.3) is 5.91 Å². The van der Waals surface area contributed by atoms with Gasteiger partial charge in [-0.05, 0) is 30.5 Å². The Bertz CT molecular complexity index is 1310. The topological polar surface area (TPSA) is 107 Å². The number of hydrogen-bond donors (Lipinski definition) is 3. The molecule has 0 atom stereocenters. The van der Waals surface area contributed by atoms with E-state index in [1.54, 1.807) is 5.92 Å². The first kappa shape index (κ1) is 25.7. The SMILES string of the molecule is C#Cc1c(C(F)(F)C(F)(F)F)nn(C)c1N/C=C(\C=N)c1ccc(Cl)c(C(=O)NC2(C#N)CC2)c1. The van der Waals surface area contributed by atoms with Gasteiger partial charge in [-0.1, -0.05) is 23.6 Å². The molecule has 0 radical (unpaired) electrons. The van der Waals surface area contributed by atoms with Crippen LogP contribution in [0.2, 0.25) is 5.02 Å². The van der Waals surface area contributed by atoms with Crippen molar-refractivity contribution >= 4 is 35.1 Å². The maximum atomic E-state index is 13.9. The zero-order valence-electron chi connectivity index (χ0n) is 17.9. The summed E-state index contributed by atoms with van der Waals surface area (Å²) in [4.78, 5) is 12.6. The summed E-state index contributed by atoms with van der Waals surface area (Å²) < 4.78 is 67.0. The van der Waals surface area contributed by atoms with E-state index < -0.39 is 34.8 Å². The fraction of sp³-hybridized carbons (Fsp3) is 0.273. The molecule has 0 spiro atoms. The lowest BCUT2D eigenvalue weighted by atomic mass is 10.0. The number of nitrogens with one attached hydrogen (secondary N) is 3. The summed E-state index contributed by atoms with van der Waals surface area (Å²) in [5, 5.41) is 25.3. The van der Waals surface area contributed by atoms with E-state index in [9.17, 15) is 26.7 Å². The summed E-state index contributed by atoms with van der Waals surface area (Å²) in [6.45, 7) is 0. The van der Waals surface area contributed by atoms with E-state index in [4.69, 9.17) is 28.7 Å². The van der Waals surface area contributed by atoms with Crippen LogP contribution in [-0.4, -0.2) is 33.6 Å². The summed E-state index contributed by atoms with van der Waals surface area (Å²) in [7, 11) is 1.12. The number of anilines is 1. The molecule has 2 aromatic rings. The maximum absolute atomic E-state index is 13.9. The van der Waals surface area contributed by atoms with Crippen molar-refractivity contribution in [2.75, 3.05) is 5.32 Å². The number of halogens is 6. The van der Waals surface area contributed by atoms with Crippen LogP contribution in [-0.2, 0) is 13.0 Å². The third-order valence-corrected chi connectivity index (χ3v) is 5.56. The normalized spacial score (nSPS) is 15.1. The molecule has 3 rings (SSSR count). The number of carbonyl (C=O) groups excluding carboxylic acids is 1. The number of nitriles is 1. The number of benzene rings is 1. The first-order valence-corrected chi connectivity index (χ1v) is 10.2. The van der Waals surface area contributed by atoms with Crippen molar-refractivity contribution in [3.05, 3.63) is 51.8 Å². The minimum Gasteiger partial charge on any atom is -0.345 e. The van der Waals surface area contributed by atoms with Gasteiger partial charge in [0.15, 0.2) is 5.69 Å². The van der Waals surface area contributed by atoms with E-state index in [0.29, 0.717) is 12.8 Å². The molecular weight excluding hydrogens is 495 g/mol. The Morgan fingerprint density at radius 1 is 1.34 bits per heavy atom. The van der Waals surface area contributed by atoms with Crippen molar-refractivity contribution in [3.63, 3.8) is 0 Å². The average molecular weight is 511 g/mol. The van der Waals surface area contributed by atoms with Gasteiger partial charge in [-0.25, -0.2) is 0 Å². The van der Waals surface area contributed by atoms with Gasteiger partial charge in [0.2, 0.25) is 0 Å². The van der Waals surface area contributed by atoms with Gasteiger partial charge in [-0.15, -0.1) is 6.42 Å². The largest absolute Gasteiger partial charge is 0.459 e. The van der Waals surface area contributed by atoms with E-state index in [2.05, 4.69) is 15.7 Å². The highest BCUT2D eigenvalue weighted by Crippen LogP contribution is 2.45. The lowest BCUT2D eigenvalue weighted by Gasteiger charge is -2.17. The Hall–Kier alpha value is -3.90. The standard InChI is InChI=1S/C22H16ClF5N6O/c1-3-14-17(21(24,25)22(26,27)28)33-34(2)18(14)31-10-13(9-29)12-4-5-16(23)15(8-12)19(35)32-20(11-30)6-7-20/h1,4-5,8-10,29,31H,6-7H2,2H3,(H,32,35)/b13-10+,29-9?. The van der Waals surface area contributed by atoms with E-state index >= 15 is 0 Å². The van der Waals surface area contributed by atoms with Crippen LogP contribution in [0, 0.1) is 29.1 Å². The average Bonchev–Trinajstić information content (AvgIpc) is 3.49. The molecule has 182 valence electrons. The fourth-order valence-electron chi connectivity index (χ4n) is 3.09. The summed E-state index contributed by atoms with van der Waals surface area (Å²) in [6, 6.07) is 6.21. The van der Waals surface area contributed by atoms with Gasteiger partial charge in [0.1, 0.15) is 11.4 Å². The number of rotatable bonds is 7. The Morgan fingerprint density at radius 2 is 2.00 bits per heavy atom. The van der Waals surface area contributed by atoms with Crippen LogP contribution in [0.15, 0.2) is 24.4 Å². The Kier molecular flexibility index (Phi) is 6.64. The molecule has 7 nitrogen and oxygen atoms in total. The van der Waals surface area contributed by atoms with Crippen LogP contribution in [0.1, 0.15) is 40.0 Å². The molecule has 1 fully saturated rings. The summed E-state index contributed by atoms with van der Waals surface area (Å²) >= 11 is 6.11. The van der Waals surface area contributed by atoms with Crippen LogP contribution < -0.4 is 10.6 Å². The summed E-state index contributed by atoms with van der Waals surface area (Å²) in [5.74, 6) is -4.44. The lowest BCUT2D eigenvalue weighted by Crippen LogP contribution is -2.35. The molecule has 1 aromatic heterocycles. The molecule has 1 aromatic carbocycles. The minimum atomic E-state index is -5.91. The zero-order chi connectivity index (χ0) is 26.2. The van der Waals surface area contributed by atoms with Crippen LogP contribution in [0.4, 0.5) is 27.8 Å². The summed E-state index contributed by atoms with van der Waals surface area (Å²) in [6.07, 6.45) is 2.27. The minimum absolute atomic E-state index is 0.0235. The maximum Gasteiger partial charge on any atom is 0.459 e. The van der Waals surface area contributed by atoms with Crippen LogP contribution in [0.3, 0.4) is 0 Å². The molecule has 0 bridgehead atoms. The third kappa shape index (κ3) is 4.84. The van der Waals surface area contributed by atoms with Crippen molar-refractivity contribution in [1.82, 2.24) is 15.1 Å². The third-order valence-electron chi connectivity index (χ3n) is 5.23. The van der Waals surface area contributed by atoms with Crippen molar-refractivity contribution in [2.45, 2.75) is 30.5 Å². The molecule has 1 aliphatic rings. The number of nitrogens with zero attached hydrogens (tertiary/aromatic N) is 3. The van der Waals surface area contributed by atoms with Crippen molar-refractivity contribution in [3.8, 4) is 18.4 Å². The fourth-order valence-corrected chi connectivity index (χ4v) is 3.29. The zero-order valence-corrected chi connectivity index (χ0v) is 18.7. The quantitative estimate of drug-likeness (QED) is 0.287. The number of hydrogen-bond acceptors (Lipinski definition) is 5. The molecule has 1 saturated carbocycles. The number of amides is 1. The van der Waals surface area contributed by atoms with Gasteiger partial charge in [0, 0.05) is 25.0 Å². The molecular formula is C22H16ClF5N6O. The number of allylic oxidation sites excluding steroid dienone is 1. The molecule has 0 aliphatic heterocycles. The van der Waals surface area contributed by atoms with E-state index in [-0.39, 0.29) is 27.5 Å². The number of aryl methyl sites for hydroxylation is 1. The Balaban J connectivity index is 1.95. The Labute approximate surface area is 201 Å². The molecule has 1 amide bonds. The molecule has 1 aliphatic carbocycles. The van der Waals surface area contributed by atoms with E-state index in [0.717, 1.165) is 24.1 Å². The van der Waals surface area contributed by atoms with Crippen LogP contribution >= 0.6 is 11.6 Å². The predicted octanol–water partition coefficient (Wildman–Crippen LogP) is 4.60. The molecule has 3 N–H and O–H groups in total. The monoisotopic (exact) mass is 510 g/mol. The highest BCUT2D eigenvalue weighted by Gasteiger charge is 2.61.